The Morgan fingerprint density at radius 3 is 2.41 bits per heavy atom. The number of hydrogen-bond acceptors (Lipinski definition) is 4. The average molecular weight is 429 g/mol. The number of phenolic OH excluding ortho intramolecular Hbond substituents is 1. The molecule has 0 radical (unpaired) electrons. The van der Waals surface area contributed by atoms with E-state index in [1.54, 1.807) is 12.1 Å². The summed E-state index contributed by atoms with van der Waals surface area (Å²) in [4.78, 5) is 2.51. The van der Waals surface area contributed by atoms with Crippen molar-refractivity contribution in [3.8, 4) is 11.5 Å². The third-order valence-corrected chi connectivity index (χ3v) is 7.11. The zero-order valence-electron chi connectivity index (χ0n) is 18.7. The first-order chi connectivity index (χ1) is 15.7. The van der Waals surface area contributed by atoms with E-state index in [1.165, 1.54) is 29.7 Å². The van der Waals surface area contributed by atoms with Crippen molar-refractivity contribution in [2.75, 3.05) is 38.2 Å². The highest BCUT2D eigenvalue weighted by atomic mass is 16.5. The number of aromatic hydroxyl groups is 1. The van der Waals surface area contributed by atoms with E-state index < -0.39 is 0 Å². The summed E-state index contributed by atoms with van der Waals surface area (Å²) in [5, 5.41) is 13.3. The molecule has 2 heterocycles. The van der Waals surface area contributed by atoms with Gasteiger partial charge in [0.2, 0.25) is 0 Å². The third kappa shape index (κ3) is 4.20. The third-order valence-electron chi connectivity index (χ3n) is 7.11. The van der Waals surface area contributed by atoms with Crippen LogP contribution in [0.25, 0.3) is 0 Å². The second kappa shape index (κ2) is 9.25. The summed E-state index contributed by atoms with van der Waals surface area (Å²) in [7, 11) is 2.05. The molecule has 2 atom stereocenters. The number of fused-ring (bicyclic) bond motifs is 1. The smallest absolute Gasteiger partial charge is 0.126 e. The van der Waals surface area contributed by atoms with Gasteiger partial charge in [0.05, 0.1) is 6.61 Å². The van der Waals surface area contributed by atoms with Crippen LogP contribution < -0.4 is 15.0 Å². The predicted molar refractivity (Wildman–Crippen MR) is 130 cm³/mol. The number of nitrogens with zero attached hydrogens (tertiary/aromatic N) is 1. The summed E-state index contributed by atoms with van der Waals surface area (Å²) in [5.41, 5.74) is 5.03. The molecule has 2 aliphatic rings. The van der Waals surface area contributed by atoms with Crippen molar-refractivity contribution < 1.29 is 9.84 Å². The van der Waals surface area contributed by atoms with Gasteiger partial charge in [-0.25, -0.2) is 0 Å². The first-order valence-electron chi connectivity index (χ1n) is 11.7. The minimum absolute atomic E-state index is 0.192. The van der Waals surface area contributed by atoms with Crippen molar-refractivity contribution in [2.24, 2.45) is 5.92 Å². The van der Waals surface area contributed by atoms with Crippen molar-refractivity contribution in [1.82, 2.24) is 5.32 Å². The summed E-state index contributed by atoms with van der Waals surface area (Å²) in [5.74, 6) is 2.25. The van der Waals surface area contributed by atoms with Gasteiger partial charge in [-0.15, -0.1) is 0 Å². The van der Waals surface area contributed by atoms with Crippen LogP contribution in [0.5, 0.6) is 11.5 Å². The summed E-state index contributed by atoms with van der Waals surface area (Å²) >= 11 is 0. The van der Waals surface area contributed by atoms with Crippen LogP contribution in [0.1, 0.15) is 41.4 Å². The van der Waals surface area contributed by atoms with E-state index in [0.29, 0.717) is 6.61 Å². The van der Waals surface area contributed by atoms with E-state index >= 15 is 0 Å². The van der Waals surface area contributed by atoms with Gasteiger partial charge in [0.1, 0.15) is 11.5 Å². The van der Waals surface area contributed by atoms with Crippen LogP contribution >= 0.6 is 0 Å². The molecule has 0 aliphatic carbocycles. The molecule has 0 saturated carbocycles. The van der Waals surface area contributed by atoms with Crippen LogP contribution in [-0.2, 0) is 0 Å². The molecule has 0 unspecified atom stereocenters. The van der Waals surface area contributed by atoms with Crippen molar-refractivity contribution >= 4 is 5.69 Å². The fourth-order valence-electron chi connectivity index (χ4n) is 5.37. The molecular formula is C28H32N2O2. The minimum Gasteiger partial charge on any atom is -0.508 e. The standard InChI is InChI=1S/C28H32N2O2/c1-29-18-20-13-15-30(16-14-20)23-9-7-22(8-10-23)28-25-12-11-24(31)17-27(25)32-19-26(28)21-5-3-2-4-6-21/h2-12,17,20,26,28-29,31H,13-16,18-19H2,1H3/t26-,28-/m1/s1. The van der Waals surface area contributed by atoms with Gasteiger partial charge >= 0.3 is 0 Å². The molecule has 0 bridgehead atoms. The molecule has 32 heavy (non-hydrogen) atoms. The maximum absolute atomic E-state index is 9.97. The van der Waals surface area contributed by atoms with Gasteiger partial charge in [0.15, 0.2) is 0 Å². The van der Waals surface area contributed by atoms with Crippen molar-refractivity contribution in [1.29, 1.82) is 0 Å². The van der Waals surface area contributed by atoms with Gasteiger partial charge in [-0.1, -0.05) is 48.5 Å². The molecule has 1 fully saturated rings. The second-order valence-electron chi connectivity index (χ2n) is 9.11. The summed E-state index contributed by atoms with van der Waals surface area (Å²) in [6.07, 6.45) is 2.49. The zero-order chi connectivity index (χ0) is 21.9. The highest BCUT2D eigenvalue weighted by Gasteiger charge is 2.33. The van der Waals surface area contributed by atoms with Gasteiger partial charge in [0.25, 0.3) is 0 Å². The van der Waals surface area contributed by atoms with E-state index in [1.807, 2.05) is 13.1 Å². The van der Waals surface area contributed by atoms with E-state index in [0.717, 1.165) is 36.9 Å². The lowest BCUT2D eigenvalue weighted by atomic mass is 9.76. The lowest BCUT2D eigenvalue weighted by Crippen LogP contribution is -2.36. The summed E-state index contributed by atoms with van der Waals surface area (Å²) in [6.45, 7) is 3.97. The zero-order valence-corrected chi connectivity index (χ0v) is 18.7. The predicted octanol–water partition coefficient (Wildman–Crippen LogP) is 5.14. The fourth-order valence-corrected chi connectivity index (χ4v) is 5.37. The Balaban J connectivity index is 1.43. The van der Waals surface area contributed by atoms with E-state index in [-0.39, 0.29) is 17.6 Å². The van der Waals surface area contributed by atoms with E-state index in [2.05, 4.69) is 64.8 Å². The SMILES string of the molecule is CNCC1CCN(c2ccc([C@@H]3c4ccc(O)cc4OC[C@@H]3c3ccccc3)cc2)CC1. The lowest BCUT2D eigenvalue weighted by molar-refractivity contribution is 0.248. The summed E-state index contributed by atoms with van der Waals surface area (Å²) < 4.78 is 6.10. The van der Waals surface area contributed by atoms with Gasteiger partial charge in [-0.05, 0) is 61.7 Å². The average Bonchev–Trinajstić information content (AvgIpc) is 2.84. The van der Waals surface area contributed by atoms with Crippen LogP contribution in [-0.4, -0.2) is 38.4 Å². The first kappa shape index (κ1) is 20.9. The van der Waals surface area contributed by atoms with Gasteiger partial charge in [-0.2, -0.15) is 0 Å². The second-order valence-corrected chi connectivity index (χ2v) is 9.11. The number of rotatable bonds is 5. The molecule has 2 N–H and O–H groups in total. The topological polar surface area (TPSA) is 44.7 Å². The Hall–Kier alpha value is -2.98. The first-order valence-corrected chi connectivity index (χ1v) is 11.7. The van der Waals surface area contributed by atoms with Gasteiger partial charge < -0.3 is 20.1 Å². The van der Waals surface area contributed by atoms with Gasteiger partial charge in [-0.3, -0.25) is 0 Å². The van der Waals surface area contributed by atoms with Crippen LogP contribution in [0.3, 0.4) is 0 Å². The van der Waals surface area contributed by atoms with Crippen LogP contribution in [0, 0.1) is 5.92 Å². The van der Waals surface area contributed by atoms with Crippen molar-refractivity contribution in [3.05, 3.63) is 89.5 Å². The number of benzene rings is 3. The number of ether oxygens (including phenoxy) is 1. The molecular weight excluding hydrogens is 396 g/mol. The Morgan fingerprint density at radius 1 is 0.938 bits per heavy atom. The Morgan fingerprint density at radius 2 is 1.69 bits per heavy atom. The maximum atomic E-state index is 9.97. The Kier molecular flexibility index (Phi) is 6.04. The summed E-state index contributed by atoms with van der Waals surface area (Å²) in [6, 6.07) is 25.3. The van der Waals surface area contributed by atoms with Crippen molar-refractivity contribution in [2.45, 2.75) is 24.7 Å². The molecule has 4 heteroatoms. The van der Waals surface area contributed by atoms with E-state index in [9.17, 15) is 5.11 Å². The van der Waals surface area contributed by atoms with Crippen LogP contribution in [0.2, 0.25) is 0 Å². The van der Waals surface area contributed by atoms with Crippen LogP contribution in [0.4, 0.5) is 5.69 Å². The quantitative estimate of drug-likeness (QED) is 0.591. The molecule has 166 valence electrons. The fraction of sp³-hybridized carbons (Fsp3) is 0.357. The molecule has 3 aromatic carbocycles. The number of piperidine rings is 1. The number of anilines is 1. The van der Waals surface area contributed by atoms with Crippen molar-refractivity contribution in [3.63, 3.8) is 0 Å². The van der Waals surface area contributed by atoms with Gasteiger partial charge in [0, 0.05) is 42.2 Å². The molecule has 3 aromatic rings. The molecule has 4 nitrogen and oxygen atoms in total. The monoisotopic (exact) mass is 428 g/mol. The Labute approximate surface area is 190 Å². The largest absolute Gasteiger partial charge is 0.508 e. The minimum atomic E-state index is 0.192. The molecule has 0 aromatic heterocycles. The number of nitrogens with one attached hydrogen (secondary N) is 1. The van der Waals surface area contributed by atoms with E-state index in [4.69, 9.17) is 4.74 Å². The van der Waals surface area contributed by atoms with Crippen LogP contribution in [0.15, 0.2) is 72.8 Å². The highest BCUT2D eigenvalue weighted by Crippen LogP contribution is 2.47. The highest BCUT2D eigenvalue weighted by molar-refractivity contribution is 5.54. The molecule has 1 saturated heterocycles. The molecule has 0 spiro atoms. The lowest BCUT2D eigenvalue weighted by Gasteiger charge is -2.36. The normalized spacial score (nSPS) is 21.1. The maximum Gasteiger partial charge on any atom is 0.126 e. The molecule has 0 amide bonds. The molecule has 5 rings (SSSR count). The number of hydrogen-bond donors (Lipinski definition) is 2. The molecule has 2 aliphatic heterocycles. The number of phenols is 1. The Bertz CT molecular complexity index is 1030.